The van der Waals surface area contributed by atoms with E-state index in [1.165, 1.54) is 12.1 Å². The molecule has 0 fully saturated rings. The van der Waals surface area contributed by atoms with Crippen molar-refractivity contribution in [3.05, 3.63) is 88.4 Å². The van der Waals surface area contributed by atoms with Crippen LogP contribution in [0.4, 0.5) is 11.4 Å². The fourth-order valence-corrected chi connectivity index (χ4v) is 3.75. The van der Waals surface area contributed by atoms with Crippen LogP contribution in [0.25, 0.3) is 0 Å². The number of hydrogen-bond donors (Lipinski definition) is 2. The van der Waals surface area contributed by atoms with E-state index < -0.39 is 10.0 Å². The van der Waals surface area contributed by atoms with Gasteiger partial charge >= 0.3 is 0 Å². The molecule has 3 aromatic carbocycles. The summed E-state index contributed by atoms with van der Waals surface area (Å²) in [6, 6.07) is 20.0. The lowest BCUT2D eigenvalue weighted by molar-refractivity contribution is 0.601. The first-order valence-electron chi connectivity index (χ1n) is 7.86. The van der Waals surface area contributed by atoms with Crippen molar-refractivity contribution in [1.82, 2.24) is 0 Å². The number of nitrogens with zero attached hydrogens (tertiary/aromatic N) is 1. The second-order valence-corrected chi connectivity index (χ2v) is 8.06. The summed E-state index contributed by atoms with van der Waals surface area (Å²) in [5.74, 6) is 0. The van der Waals surface area contributed by atoms with E-state index in [0.717, 1.165) is 5.56 Å². The van der Waals surface area contributed by atoms with E-state index in [9.17, 15) is 8.42 Å². The molecule has 8 heteroatoms. The van der Waals surface area contributed by atoms with Crippen LogP contribution in [0.2, 0.25) is 10.0 Å². The molecule has 2 N–H and O–H groups in total. The molecule has 0 amide bonds. The number of halogens is 2. The third kappa shape index (κ3) is 5.23. The van der Waals surface area contributed by atoms with E-state index in [4.69, 9.17) is 23.2 Å². The Balaban J connectivity index is 1.64. The standard InChI is InChI=1S/C19H15Cl2N3O2S/c20-15-7-6-14(19(21)12-15)13-22-23-16-8-10-17(11-9-16)24-27(25,26)18-4-2-1-3-5-18/h1-13,23-24H/b22-13+. The van der Waals surface area contributed by atoms with Gasteiger partial charge in [-0.3, -0.25) is 10.1 Å². The van der Waals surface area contributed by atoms with Gasteiger partial charge in [0.25, 0.3) is 10.0 Å². The highest BCUT2D eigenvalue weighted by Gasteiger charge is 2.13. The molecule has 0 saturated heterocycles. The molecule has 0 aliphatic heterocycles. The van der Waals surface area contributed by atoms with Gasteiger partial charge in [0.15, 0.2) is 0 Å². The summed E-state index contributed by atoms with van der Waals surface area (Å²) in [6.45, 7) is 0. The maximum absolute atomic E-state index is 12.3. The maximum Gasteiger partial charge on any atom is 0.261 e. The molecule has 3 rings (SSSR count). The van der Waals surface area contributed by atoms with Crippen LogP contribution in [-0.4, -0.2) is 14.6 Å². The topological polar surface area (TPSA) is 70.6 Å². The number of sulfonamides is 1. The average molecular weight is 420 g/mol. The summed E-state index contributed by atoms with van der Waals surface area (Å²) in [5.41, 5.74) is 4.73. The number of benzene rings is 3. The minimum atomic E-state index is -3.61. The highest BCUT2D eigenvalue weighted by Crippen LogP contribution is 2.20. The van der Waals surface area contributed by atoms with Crippen molar-refractivity contribution in [2.75, 3.05) is 10.1 Å². The quantitative estimate of drug-likeness (QED) is 0.423. The van der Waals surface area contributed by atoms with Crippen molar-refractivity contribution in [2.45, 2.75) is 4.90 Å². The molecular formula is C19H15Cl2N3O2S. The maximum atomic E-state index is 12.3. The van der Waals surface area contributed by atoms with Crippen LogP contribution in [0.15, 0.2) is 82.8 Å². The third-order valence-corrected chi connectivity index (χ3v) is 5.51. The summed E-state index contributed by atoms with van der Waals surface area (Å²) >= 11 is 11.9. The molecule has 0 bridgehead atoms. The Morgan fingerprint density at radius 3 is 2.19 bits per heavy atom. The summed E-state index contributed by atoms with van der Waals surface area (Å²) in [4.78, 5) is 0.205. The Morgan fingerprint density at radius 1 is 0.852 bits per heavy atom. The molecule has 0 saturated carbocycles. The Morgan fingerprint density at radius 2 is 1.52 bits per heavy atom. The first-order chi connectivity index (χ1) is 12.9. The van der Waals surface area contributed by atoms with Crippen molar-refractivity contribution in [3.8, 4) is 0 Å². The molecule has 5 nitrogen and oxygen atoms in total. The van der Waals surface area contributed by atoms with E-state index in [-0.39, 0.29) is 4.90 Å². The van der Waals surface area contributed by atoms with Gasteiger partial charge in [-0.1, -0.05) is 47.5 Å². The van der Waals surface area contributed by atoms with Crippen LogP contribution >= 0.6 is 23.2 Å². The molecule has 3 aromatic rings. The van der Waals surface area contributed by atoms with Gasteiger partial charge in [0.05, 0.1) is 21.8 Å². The molecule has 0 spiro atoms. The fourth-order valence-electron chi connectivity index (χ4n) is 2.21. The van der Waals surface area contributed by atoms with E-state index in [1.54, 1.807) is 66.9 Å². The van der Waals surface area contributed by atoms with Gasteiger partial charge in [-0.05, 0) is 48.5 Å². The van der Waals surface area contributed by atoms with Crippen molar-refractivity contribution >= 4 is 50.8 Å². The first kappa shape index (κ1) is 19.2. The predicted molar refractivity (Wildman–Crippen MR) is 111 cm³/mol. The van der Waals surface area contributed by atoms with Crippen molar-refractivity contribution in [3.63, 3.8) is 0 Å². The summed E-state index contributed by atoms with van der Waals surface area (Å²) < 4.78 is 27.1. The number of nitrogens with one attached hydrogen (secondary N) is 2. The zero-order valence-electron chi connectivity index (χ0n) is 13.9. The average Bonchev–Trinajstić information content (AvgIpc) is 2.65. The highest BCUT2D eigenvalue weighted by molar-refractivity contribution is 7.92. The van der Waals surface area contributed by atoms with E-state index >= 15 is 0 Å². The van der Waals surface area contributed by atoms with Gasteiger partial charge in [0, 0.05) is 16.3 Å². The van der Waals surface area contributed by atoms with Crippen molar-refractivity contribution in [2.24, 2.45) is 5.10 Å². The van der Waals surface area contributed by atoms with E-state index in [0.29, 0.717) is 21.4 Å². The van der Waals surface area contributed by atoms with Crippen LogP contribution in [0.3, 0.4) is 0 Å². The van der Waals surface area contributed by atoms with Crippen LogP contribution in [-0.2, 0) is 10.0 Å². The van der Waals surface area contributed by atoms with Crippen LogP contribution in [0.5, 0.6) is 0 Å². The second-order valence-electron chi connectivity index (χ2n) is 5.53. The van der Waals surface area contributed by atoms with Crippen molar-refractivity contribution in [1.29, 1.82) is 0 Å². The lowest BCUT2D eigenvalue weighted by Crippen LogP contribution is -2.12. The number of rotatable bonds is 6. The first-order valence-corrected chi connectivity index (χ1v) is 10.1. The summed E-state index contributed by atoms with van der Waals surface area (Å²) in [5, 5.41) is 5.17. The number of hydrogen-bond acceptors (Lipinski definition) is 4. The molecule has 0 radical (unpaired) electrons. The molecule has 0 aromatic heterocycles. The normalized spacial score (nSPS) is 11.5. The highest BCUT2D eigenvalue weighted by atomic mass is 35.5. The van der Waals surface area contributed by atoms with Gasteiger partial charge in [0.1, 0.15) is 0 Å². The molecular weight excluding hydrogens is 405 g/mol. The van der Waals surface area contributed by atoms with Crippen LogP contribution in [0, 0.1) is 0 Å². The van der Waals surface area contributed by atoms with Gasteiger partial charge < -0.3 is 0 Å². The van der Waals surface area contributed by atoms with Gasteiger partial charge in [0.2, 0.25) is 0 Å². The summed E-state index contributed by atoms with van der Waals surface area (Å²) in [6.07, 6.45) is 1.57. The lowest BCUT2D eigenvalue weighted by atomic mass is 10.2. The lowest BCUT2D eigenvalue weighted by Gasteiger charge is -2.08. The molecule has 0 heterocycles. The molecule has 0 aliphatic carbocycles. The van der Waals surface area contributed by atoms with Gasteiger partial charge in [-0.15, -0.1) is 0 Å². The molecule has 0 unspecified atom stereocenters. The third-order valence-electron chi connectivity index (χ3n) is 3.55. The molecule has 0 atom stereocenters. The van der Waals surface area contributed by atoms with Gasteiger partial charge in [-0.25, -0.2) is 8.42 Å². The smallest absolute Gasteiger partial charge is 0.261 e. The zero-order valence-corrected chi connectivity index (χ0v) is 16.3. The number of hydrazone groups is 1. The molecule has 27 heavy (non-hydrogen) atoms. The Hall–Kier alpha value is -2.54. The van der Waals surface area contributed by atoms with Gasteiger partial charge in [-0.2, -0.15) is 5.10 Å². The zero-order chi connectivity index (χ0) is 19.3. The Bertz CT molecular complexity index is 1050. The number of anilines is 2. The minimum absolute atomic E-state index is 0.205. The van der Waals surface area contributed by atoms with Crippen LogP contribution in [0.1, 0.15) is 5.56 Å². The van der Waals surface area contributed by atoms with Crippen LogP contribution < -0.4 is 10.1 Å². The Kier molecular flexibility index (Phi) is 6.01. The predicted octanol–water partition coefficient (Wildman–Crippen LogP) is 5.24. The van der Waals surface area contributed by atoms with Crippen molar-refractivity contribution < 1.29 is 8.42 Å². The Labute approximate surface area is 167 Å². The minimum Gasteiger partial charge on any atom is -0.280 e. The molecule has 0 aliphatic rings. The van der Waals surface area contributed by atoms with E-state index in [1.807, 2.05) is 0 Å². The fraction of sp³-hybridized carbons (Fsp3) is 0. The van der Waals surface area contributed by atoms with E-state index in [2.05, 4.69) is 15.2 Å². The monoisotopic (exact) mass is 419 g/mol. The largest absolute Gasteiger partial charge is 0.280 e. The molecule has 138 valence electrons. The summed E-state index contributed by atoms with van der Waals surface area (Å²) in [7, 11) is -3.61. The SMILES string of the molecule is O=S(=O)(Nc1ccc(N/N=C/c2ccc(Cl)cc2Cl)cc1)c1ccccc1. The second kappa shape index (κ2) is 8.43.